The zero-order chi connectivity index (χ0) is 18.1. The van der Waals surface area contributed by atoms with Gasteiger partial charge in [-0.15, -0.1) is 11.3 Å². The van der Waals surface area contributed by atoms with E-state index in [2.05, 4.69) is 15.3 Å². The van der Waals surface area contributed by atoms with Crippen LogP contribution in [-0.2, 0) is 4.74 Å². The Hall–Kier alpha value is -2.48. The van der Waals surface area contributed by atoms with Crippen LogP contribution in [0.5, 0.6) is 0 Å². The summed E-state index contributed by atoms with van der Waals surface area (Å²) in [7, 11) is 1.66. The molecule has 132 valence electrons. The lowest BCUT2D eigenvalue weighted by Crippen LogP contribution is -2.17. The number of ether oxygens (including phenoxy) is 1. The molecule has 0 aliphatic rings. The van der Waals surface area contributed by atoms with Crippen LogP contribution in [0.3, 0.4) is 0 Å². The monoisotopic (exact) mass is 386 g/mol. The zero-order valence-electron chi connectivity index (χ0n) is 13.9. The molecule has 0 saturated heterocycles. The Balaban J connectivity index is 1.88. The van der Waals surface area contributed by atoms with E-state index >= 15 is 0 Å². The van der Waals surface area contributed by atoms with Gasteiger partial charge in [0.2, 0.25) is 0 Å². The highest BCUT2D eigenvalue weighted by atomic mass is 35.5. The van der Waals surface area contributed by atoms with Gasteiger partial charge in [-0.1, -0.05) is 11.6 Å². The predicted octanol–water partition coefficient (Wildman–Crippen LogP) is 3.71. The van der Waals surface area contributed by atoms with Crippen LogP contribution in [0, 0.1) is 0 Å². The van der Waals surface area contributed by atoms with Crippen LogP contribution in [0.15, 0.2) is 47.7 Å². The molecule has 1 N–H and O–H groups in total. The molecule has 3 heterocycles. The molecule has 8 heteroatoms. The number of nitrogens with one attached hydrogen (secondary N) is 1. The van der Waals surface area contributed by atoms with Crippen molar-refractivity contribution in [1.82, 2.24) is 14.5 Å². The van der Waals surface area contributed by atoms with Crippen LogP contribution in [0.1, 0.15) is 0 Å². The second-order valence-electron chi connectivity index (χ2n) is 5.63. The number of halogens is 1. The SMILES string of the molecule is COCCNc1ccnc2sc3c(=O)n(-c4ccc(Cl)cc4)cnc3c12. The summed E-state index contributed by atoms with van der Waals surface area (Å²) in [5, 5.41) is 4.80. The molecule has 26 heavy (non-hydrogen) atoms. The van der Waals surface area contributed by atoms with Crippen LogP contribution in [0.25, 0.3) is 26.1 Å². The van der Waals surface area contributed by atoms with Crippen molar-refractivity contribution in [3.63, 3.8) is 0 Å². The number of thiophene rings is 1. The first-order valence-corrected chi connectivity index (χ1v) is 9.16. The molecule has 0 spiro atoms. The van der Waals surface area contributed by atoms with E-state index in [-0.39, 0.29) is 5.56 Å². The number of hydrogen-bond donors (Lipinski definition) is 1. The molecule has 0 saturated carbocycles. The van der Waals surface area contributed by atoms with Gasteiger partial charge in [-0.05, 0) is 30.3 Å². The van der Waals surface area contributed by atoms with Crippen molar-refractivity contribution in [2.75, 3.05) is 25.6 Å². The third-order valence-electron chi connectivity index (χ3n) is 4.01. The van der Waals surface area contributed by atoms with Gasteiger partial charge in [0.15, 0.2) is 0 Å². The molecule has 0 atom stereocenters. The number of anilines is 1. The van der Waals surface area contributed by atoms with E-state index in [1.54, 1.807) is 43.9 Å². The Labute approximate surface area is 158 Å². The summed E-state index contributed by atoms with van der Waals surface area (Å²) >= 11 is 7.28. The van der Waals surface area contributed by atoms with Crippen molar-refractivity contribution in [2.24, 2.45) is 0 Å². The topological polar surface area (TPSA) is 69.0 Å². The van der Waals surface area contributed by atoms with Gasteiger partial charge in [-0.2, -0.15) is 0 Å². The summed E-state index contributed by atoms with van der Waals surface area (Å²) in [5.74, 6) is 0. The molecule has 0 unspecified atom stereocenters. The Kier molecular flexibility index (Phi) is 4.58. The van der Waals surface area contributed by atoms with E-state index in [1.165, 1.54) is 15.9 Å². The van der Waals surface area contributed by atoms with Crippen molar-refractivity contribution in [1.29, 1.82) is 0 Å². The fourth-order valence-electron chi connectivity index (χ4n) is 2.77. The molecule has 0 radical (unpaired) electrons. The van der Waals surface area contributed by atoms with Crippen molar-refractivity contribution in [3.05, 3.63) is 58.2 Å². The molecule has 3 aromatic heterocycles. The van der Waals surface area contributed by atoms with Crippen molar-refractivity contribution in [3.8, 4) is 5.69 Å². The highest BCUT2D eigenvalue weighted by Crippen LogP contribution is 2.34. The molecule has 0 bridgehead atoms. The van der Waals surface area contributed by atoms with Gasteiger partial charge in [0.25, 0.3) is 5.56 Å². The number of aromatic nitrogens is 3. The summed E-state index contributed by atoms with van der Waals surface area (Å²) in [6.45, 7) is 1.25. The number of nitrogens with zero attached hydrogens (tertiary/aromatic N) is 3. The zero-order valence-corrected chi connectivity index (χ0v) is 15.5. The van der Waals surface area contributed by atoms with Gasteiger partial charge < -0.3 is 10.1 Å². The molecular formula is C18H15ClN4O2S. The first kappa shape index (κ1) is 17.0. The normalized spacial score (nSPS) is 11.3. The van der Waals surface area contributed by atoms with Crippen molar-refractivity contribution >= 4 is 49.1 Å². The molecule has 4 rings (SSSR count). The second-order valence-corrected chi connectivity index (χ2v) is 7.07. The molecule has 0 aliphatic heterocycles. The van der Waals surface area contributed by atoms with Crippen molar-refractivity contribution < 1.29 is 4.74 Å². The minimum absolute atomic E-state index is 0.122. The van der Waals surface area contributed by atoms with Crippen LogP contribution < -0.4 is 10.9 Å². The second kappa shape index (κ2) is 7.03. The first-order chi connectivity index (χ1) is 12.7. The Bertz CT molecular complexity index is 1140. The largest absolute Gasteiger partial charge is 0.383 e. The average Bonchev–Trinajstić information content (AvgIpc) is 3.04. The van der Waals surface area contributed by atoms with Crippen LogP contribution in [-0.4, -0.2) is 34.8 Å². The summed E-state index contributed by atoms with van der Waals surface area (Å²) in [6, 6.07) is 8.97. The quantitative estimate of drug-likeness (QED) is 0.529. The number of benzene rings is 1. The predicted molar refractivity (Wildman–Crippen MR) is 106 cm³/mol. The fourth-order valence-corrected chi connectivity index (χ4v) is 3.95. The summed E-state index contributed by atoms with van der Waals surface area (Å²) in [6.07, 6.45) is 3.27. The number of rotatable bonds is 5. The van der Waals surface area contributed by atoms with Gasteiger partial charge >= 0.3 is 0 Å². The van der Waals surface area contributed by atoms with E-state index in [4.69, 9.17) is 16.3 Å². The minimum Gasteiger partial charge on any atom is -0.383 e. The molecular weight excluding hydrogens is 372 g/mol. The number of fused-ring (bicyclic) bond motifs is 3. The fraction of sp³-hybridized carbons (Fsp3) is 0.167. The van der Waals surface area contributed by atoms with E-state index < -0.39 is 0 Å². The Morgan fingerprint density at radius 1 is 1.23 bits per heavy atom. The smallest absolute Gasteiger partial charge is 0.275 e. The maximum Gasteiger partial charge on any atom is 0.275 e. The van der Waals surface area contributed by atoms with Gasteiger partial charge in [0.1, 0.15) is 15.9 Å². The Morgan fingerprint density at radius 2 is 2.04 bits per heavy atom. The highest BCUT2D eigenvalue weighted by Gasteiger charge is 2.16. The number of methoxy groups -OCH3 is 1. The number of pyridine rings is 1. The maximum atomic E-state index is 13.0. The van der Waals surface area contributed by atoms with Gasteiger partial charge in [-0.25, -0.2) is 9.97 Å². The van der Waals surface area contributed by atoms with Crippen LogP contribution >= 0.6 is 22.9 Å². The van der Waals surface area contributed by atoms with Crippen molar-refractivity contribution in [2.45, 2.75) is 0 Å². The number of hydrogen-bond acceptors (Lipinski definition) is 6. The Morgan fingerprint density at radius 3 is 2.81 bits per heavy atom. The molecule has 0 amide bonds. The minimum atomic E-state index is -0.122. The van der Waals surface area contributed by atoms with Gasteiger partial charge in [0, 0.05) is 30.6 Å². The lowest BCUT2D eigenvalue weighted by molar-refractivity contribution is 0.211. The summed E-state index contributed by atoms with van der Waals surface area (Å²) in [5.41, 5.74) is 2.16. The van der Waals surface area contributed by atoms with Crippen LogP contribution in [0.4, 0.5) is 5.69 Å². The van der Waals surface area contributed by atoms with E-state index in [9.17, 15) is 4.79 Å². The third-order valence-corrected chi connectivity index (χ3v) is 5.34. The first-order valence-electron chi connectivity index (χ1n) is 7.96. The standard InChI is InChI=1S/C18H15ClN4O2S/c1-25-9-8-20-13-6-7-21-17-14(13)15-16(26-17)18(24)23(10-22-15)12-4-2-11(19)3-5-12/h2-7,10H,8-9H2,1H3,(H,20,21). The average molecular weight is 387 g/mol. The van der Waals surface area contributed by atoms with Gasteiger partial charge in [0.05, 0.1) is 23.2 Å². The molecule has 0 aliphatic carbocycles. The van der Waals surface area contributed by atoms with Gasteiger partial charge in [-0.3, -0.25) is 9.36 Å². The molecule has 0 fully saturated rings. The van der Waals surface area contributed by atoms with E-state index in [0.717, 1.165) is 21.6 Å². The molecule has 1 aromatic carbocycles. The molecule has 4 aromatic rings. The maximum absolute atomic E-state index is 13.0. The van der Waals surface area contributed by atoms with Crippen LogP contribution in [0.2, 0.25) is 5.02 Å². The lowest BCUT2D eigenvalue weighted by Gasteiger charge is -2.07. The summed E-state index contributed by atoms with van der Waals surface area (Å²) in [4.78, 5) is 22.7. The van der Waals surface area contributed by atoms with E-state index in [1.807, 2.05) is 6.07 Å². The lowest BCUT2D eigenvalue weighted by atomic mass is 10.2. The third kappa shape index (κ3) is 2.94. The molecule has 6 nitrogen and oxygen atoms in total. The van der Waals surface area contributed by atoms with E-state index in [0.29, 0.717) is 28.4 Å². The summed E-state index contributed by atoms with van der Waals surface area (Å²) < 4.78 is 7.18. The highest BCUT2D eigenvalue weighted by molar-refractivity contribution is 7.25.